The van der Waals surface area contributed by atoms with Gasteiger partial charge in [-0.05, 0) is 53.0 Å². The molecule has 102 valence electrons. The summed E-state index contributed by atoms with van der Waals surface area (Å²) in [6.07, 6.45) is 3.40. The highest BCUT2D eigenvalue weighted by Crippen LogP contribution is 2.22. The van der Waals surface area contributed by atoms with Gasteiger partial charge in [0.1, 0.15) is 0 Å². The van der Waals surface area contributed by atoms with Crippen molar-refractivity contribution in [3.05, 3.63) is 33.3 Å². The van der Waals surface area contributed by atoms with E-state index in [1.165, 1.54) is 12.0 Å². The molecule has 4 heteroatoms. The molecule has 0 amide bonds. The molecule has 0 aliphatic rings. The Balaban J connectivity index is 2.05. The van der Waals surface area contributed by atoms with Crippen molar-refractivity contribution < 1.29 is 4.74 Å². The lowest BCUT2D eigenvalue weighted by Crippen LogP contribution is -2.16. The maximum atomic E-state index is 6.03. The monoisotopic (exact) mass is 333 g/mol. The smallest absolute Gasteiger partial charge is 0.0551 e. The van der Waals surface area contributed by atoms with Gasteiger partial charge < -0.3 is 10.1 Å². The summed E-state index contributed by atoms with van der Waals surface area (Å²) in [7, 11) is 0. The zero-order valence-electron chi connectivity index (χ0n) is 10.8. The molecular weight excluding hydrogens is 314 g/mol. The summed E-state index contributed by atoms with van der Waals surface area (Å²) >= 11 is 9.41. The van der Waals surface area contributed by atoms with Crippen molar-refractivity contribution in [2.24, 2.45) is 0 Å². The lowest BCUT2D eigenvalue weighted by molar-refractivity contribution is 0.129. The molecule has 0 atom stereocenters. The molecule has 0 spiro atoms. The normalized spacial score (nSPS) is 10.8. The molecule has 1 N–H and O–H groups in total. The maximum Gasteiger partial charge on any atom is 0.0551 e. The molecule has 2 nitrogen and oxygen atoms in total. The number of halogens is 2. The van der Waals surface area contributed by atoms with E-state index >= 15 is 0 Å². The van der Waals surface area contributed by atoms with Gasteiger partial charge >= 0.3 is 0 Å². The second kappa shape index (κ2) is 9.79. The van der Waals surface area contributed by atoms with Crippen molar-refractivity contribution in [2.45, 2.75) is 32.7 Å². The molecule has 18 heavy (non-hydrogen) atoms. The number of hydrogen-bond donors (Lipinski definition) is 1. The van der Waals surface area contributed by atoms with Gasteiger partial charge in [-0.3, -0.25) is 0 Å². The van der Waals surface area contributed by atoms with Crippen LogP contribution in [0.25, 0.3) is 0 Å². The van der Waals surface area contributed by atoms with E-state index < -0.39 is 0 Å². The third-order valence-corrected chi connectivity index (χ3v) is 3.83. The van der Waals surface area contributed by atoms with Crippen LogP contribution in [0.4, 0.5) is 0 Å². The van der Waals surface area contributed by atoms with Crippen molar-refractivity contribution in [1.29, 1.82) is 0 Å². The van der Waals surface area contributed by atoms with Crippen LogP contribution in [0.15, 0.2) is 22.7 Å². The Bertz CT molecular complexity index is 347. The van der Waals surface area contributed by atoms with E-state index in [4.69, 9.17) is 16.3 Å². The van der Waals surface area contributed by atoms with Gasteiger partial charge in [0.25, 0.3) is 0 Å². The Morgan fingerprint density at radius 3 is 2.78 bits per heavy atom. The average molecular weight is 335 g/mol. The second-order valence-electron chi connectivity index (χ2n) is 4.24. The predicted octanol–water partition coefficient (Wildman–Crippen LogP) is 4.40. The fraction of sp³-hybridized carbons (Fsp3) is 0.571. The minimum absolute atomic E-state index is 0.761. The topological polar surface area (TPSA) is 21.3 Å². The molecule has 0 saturated carbocycles. The standard InChI is InChI=1S/C14H21BrClNO/c1-2-3-8-18-9-4-7-17-11-12-5-6-13(15)14(16)10-12/h5-6,10,17H,2-4,7-9,11H2,1H3. The van der Waals surface area contributed by atoms with Crippen molar-refractivity contribution in [3.63, 3.8) is 0 Å². The van der Waals surface area contributed by atoms with Gasteiger partial charge in [0.2, 0.25) is 0 Å². The summed E-state index contributed by atoms with van der Waals surface area (Å²) in [6, 6.07) is 6.03. The van der Waals surface area contributed by atoms with E-state index in [1.54, 1.807) is 0 Å². The van der Waals surface area contributed by atoms with Gasteiger partial charge in [0.05, 0.1) is 5.02 Å². The molecule has 0 saturated heterocycles. The van der Waals surface area contributed by atoms with Crippen molar-refractivity contribution >= 4 is 27.5 Å². The van der Waals surface area contributed by atoms with E-state index in [1.807, 2.05) is 12.1 Å². The maximum absolute atomic E-state index is 6.03. The second-order valence-corrected chi connectivity index (χ2v) is 5.51. The van der Waals surface area contributed by atoms with Crippen molar-refractivity contribution in [3.8, 4) is 0 Å². The summed E-state index contributed by atoms with van der Waals surface area (Å²) in [6.45, 7) is 5.73. The van der Waals surface area contributed by atoms with Crippen molar-refractivity contribution in [2.75, 3.05) is 19.8 Å². The first-order chi connectivity index (χ1) is 8.74. The fourth-order valence-corrected chi connectivity index (χ4v) is 1.98. The number of ether oxygens (including phenoxy) is 1. The van der Waals surface area contributed by atoms with Crippen LogP contribution in [0.1, 0.15) is 31.7 Å². The van der Waals surface area contributed by atoms with E-state index in [0.29, 0.717) is 0 Å². The first-order valence-electron chi connectivity index (χ1n) is 6.46. The first-order valence-corrected chi connectivity index (χ1v) is 7.63. The van der Waals surface area contributed by atoms with Crippen LogP contribution in [-0.2, 0) is 11.3 Å². The van der Waals surface area contributed by atoms with Crippen LogP contribution < -0.4 is 5.32 Å². The molecule has 0 bridgehead atoms. The van der Waals surface area contributed by atoms with Crippen LogP contribution >= 0.6 is 27.5 Å². The molecule has 0 aliphatic heterocycles. The third-order valence-electron chi connectivity index (χ3n) is 2.60. The van der Waals surface area contributed by atoms with Gasteiger partial charge in [0, 0.05) is 24.2 Å². The minimum Gasteiger partial charge on any atom is -0.381 e. The van der Waals surface area contributed by atoms with E-state index in [0.717, 1.165) is 48.6 Å². The molecule has 0 aromatic heterocycles. The molecule has 0 unspecified atom stereocenters. The third kappa shape index (κ3) is 6.74. The lowest BCUT2D eigenvalue weighted by Gasteiger charge is -2.06. The molecule has 0 aliphatic carbocycles. The minimum atomic E-state index is 0.761. The van der Waals surface area contributed by atoms with E-state index in [-0.39, 0.29) is 0 Å². The summed E-state index contributed by atoms with van der Waals surface area (Å²) in [5, 5.41) is 4.15. The number of nitrogens with one attached hydrogen (secondary N) is 1. The highest BCUT2D eigenvalue weighted by Gasteiger charge is 1.98. The summed E-state index contributed by atoms with van der Waals surface area (Å²) in [4.78, 5) is 0. The molecule has 0 fully saturated rings. The molecule has 1 rings (SSSR count). The first kappa shape index (κ1) is 16.0. The van der Waals surface area contributed by atoms with Gasteiger partial charge in [-0.25, -0.2) is 0 Å². The number of hydrogen-bond acceptors (Lipinski definition) is 2. The largest absolute Gasteiger partial charge is 0.381 e. The SMILES string of the molecule is CCCCOCCCNCc1ccc(Br)c(Cl)c1. The van der Waals surface area contributed by atoms with Gasteiger partial charge in [-0.15, -0.1) is 0 Å². The zero-order chi connectivity index (χ0) is 13.2. The zero-order valence-corrected chi connectivity index (χ0v) is 13.2. The Kier molecular flexibility index (Phi) is 8.68. The lowest BCUT2D eigenvalue weighted by atomic mass is 10.2. The predicted molar refractivity (Wildman–Crippen MR) is 81.2 cm³/mol. The molecule has 1 aromatic rings. The number of rotatable bonds is 9. The average Bonchev–Trinajstić information content (AvgIpc) is 2.37. The Morgan fingerprint density at radius 1 is 1.28 bits per heavy atom. The highest BCUT2D eigenvalue weighted by molar-refractivity contribution is 9.10. The molecule has 0 heterocycles. The summed E-state index contributed by atoms with van der Waals surface area (Å²) < 4.78 is 6.44. The number of benzene rings is 1. The fourth-order valence-electron chi connectivity index (χ4n) is 1.53. The van der Waals surface area contributed by atoms with Gasteiger partial charge in [-0.1, -0.05) is 31.0 Å². The molecule has 1 aromatic carbocycles. The Morgan fingerprint density at radius 2 is 2.06 bits per heavy atom. The highest BCUT2D eigenvalue weighted by atomic mass is 79.9. The number of unbranched alkanes of at least 4 members (excludes halogenated alkanes) is 1. The molecular formula is C14H21BrClNO. The Labute approximate surface area is 123 Å². The quantitative estimate of drug-likeness (QED) is 0.676. The van der Waals surface area contributed by atoms with Crippen LogP contribution in [-0.4, -0.2) is 19.8 Å². The van der Waals surface area contributed by atoms with E-state index in [2.05, 4.69) is 34.2 Å². The summed E-state index contributed by atoms with van der Waals surface area (Å²) in [5.41, 5.74) is 1.20. The summed E-state index contributed by atoms with van der Waals surface area (Å²) in [5.74, 6) is 0. The van der Waals surface area contributed by atoms with Crippen LogP contribution in [0.3, 0.4) is 0 Å². The van der Waals surface area contributed by atoms with E-state index in [9.17, 15) is 0 Å². The van der Waals surface area contributed by atoms with Gasteiger partial charge in [-0.2, -0.15) is 0 Å². The van der Waals surface area contributed by atoms with Crippen LogP contribution in [0.2, 0.25) is 5.02 Å². The van der Waals surface area contributed by atoms with Crippen LogP contribution in [0.5, 0.6) is 0 Å². The van der Waals surface area contributed by atoms with Gasteiger partial charge in [0.15, 0.2) is 0 Å². The van der Waals surface area contributed by atoms with Crippen LogP contribution in [0, 0.1) is 0 Å². The van der Waals surface area contributed by atoms with Crippen molar-refractivity contribution in [1.82, 2.24) is 5.32 Å². The Hall–Kier alpha value is -0.0900. The molecule has 0 radical (unpaired) electrons.